The van der Waals surface area contributed by atoms with Gasteiger partial charge in [0.2, 0.25) is 5.91 Å². The number of carbonyl (C=O) groups excluding carboxylic acids is 1. The number of benzene rings is 1. The summed E-state index contributed by atoms with van der Waals surface area (Å²) in [6.07, 6.45) is 2.26. The molecule has 3 rings (SSSR count). The third-order valence-electron chi connectivity index (χ3n) is 4.51. The van der Waals surface area contributed by atoms with Crippen LogP contribution in [0.2, 0.25) is 0 Å². The summed E-state index contributed by atoms with van der Waals surface area (Å²) < 4.78 is 10.6. The summed E-state index contributed by atoms with van der Waals surface area (Å²) in [6, 6.07) is 6.41. The van der Waals surface area contributed by atoms with E-state index in [9.17, 15) is 4.79 Å². The minimum Gasteiger partial charge on any atom is -0.493 e. The summed E-state index contributed by atoms with van der Waals surface area (Å²) in [4.78, 5) is 16.9. The van der Waals surface area contributed by atoms with E-state index >= 15 is 0 Å². The number of nitrogens with zero attached hydrogens (tertiary/aromatic N) is 1. The molecule has 2 unspecified atom stereocenters. The van der Waals surface area contributed by atoms with Gasteiger partial charge < -0.3 is 20.1 Å². The summed E-state index contributed by atoms with van der Waals surface area (Å²) >= 11 is 1.53. The van der Waals surface area contributed by atoms with E-state index in [0.29, 0.717) is 24.0 Å². The molecule has 0 radical (unpaired) electrons. The van der Waals surface area contributed by atoms with E-state index in [1.807, 2.05) is 23.6 Å². The van der Waals surface area contributed by atoms with Gasteiger partial charge in [-0.25, -0.2) is 4.98 Å². The van der Waals surface area contributed by atoms with E-state index in [4.69, 9.17) is 9.47 Å². The molecule has 0 aliphatic carbocycles. The number of amides is 1. The van der Waals surface area contributed by atoms with Gasteiger partial charge in [-0.2, -0.15) is 0 Å². The van der Waals surface area contributed by atoms with Crippen LogP contribution in [-0.2, 0) is 11.2 Å². The number of hydrogen-bond acceptors (Lipinski definition) is 6. The first kappa shape index (κ1) is 24.5. The minimum atomic E-state index is 0. The molecule has 1 saturated heterocycles. The van der Waals surface area contributed by atoms with Gasteiger partial charge in [-0.1, -0.05) is 0 Å². The van der Waals surface area contributed by atoms with Gasteiger partial charge in [-0.3, -0.25) is 4.79 Å². The van der Waals surface area contributed by atoms with Gasteiger partial charge in [-0.15, -0.1) is 36.2 Å². The second-order valence-corrected chi connectivity index (χ2v) is 7.39. The first-order valence-corrected chi connectivity index (χ1v) is 9.66. The Labute approximate surface area is 182 Å². The molecule has 2 aromatic rings. The molecule has 2 heterocycles. The van der Waals surface area contributed by atoms with E-state index in [-0.39, 0.29) is 36.8 Å². The van der Waals surface area contributed by atoms with Crippen molar-refractivity contribution in [2.45, 2.75) is 38.3 Å². The monoisotopic (exact) mass is 447 g/mol. The van der Waals surface area contributed by atoms with E-state index < -0.39 is 0 Å². The van der Waals surface area contributed by atoms with Crippen molar-refractivity contribution in [2.75, 3.05) is 20.8 Å². The zero-order chi connectivity index (χ0) is 18.5. The van der Waals surface area contributed by atoms with E-state index in [2.05, 4.69) is 22.5 Å². The van der Waals surface area contributed by atoms with Crippen LogP contribution in [0, 0.1) is 0 Å². The molecule has 2 N–H and O–H groups in total. The zero-order valence-corrected chi connectivity index (χ0v) is 18.6. The van der Waals surface area contributed by atoms with Gasteiger partial charge in [0.05, 0.1) is 26.3 Å². The number of ether oxygens (including phenoxy) is 2. The van der Waals surface area contributed by atoms with Crippen molar-refractivity contribution >= 4 is 42.1 Å². The summed E-state index contributed by atoms with van der Waals surface area (Å²) in [5.41, 5.74) is 1.74. The number of nitrogens with one attached hydrogen (secondary N) is 2. The highest BCUT2D eigenvalue weighted by Crippen LogP contribution is 2.33. The van der Waals surface area contributed by atoms with Crippen LogP contribution in [0.5, 0.6) is 11.5 Å². The first-order chi connectivity index (χ1) is 12.6. The van der Waals surface area contributed by atoms with Gasteiger partial charge in [-0.05, 0) is 44.5 Å². The third kappa shape index (κ3) is 6.24. The number of thiazole rings is 1. The molecule has 0 saturated carbocycles. The summed E-state index contributed by atoms with van der Waals surface area (Å²) in [5.74, 6) is 1.39. The standard InChI is InChI=1S/C19H25N3O3S.2ClH/c1-12-8-14(6-7-20-12)21-18(23)10-15-11-26-19(22-15)13-4-5-16(24-2)17(9-13)25-3;;/h4-5,9,11-12,14,20H,6-8,10H2,1-3H3,(H,21,23);2*1H. The maximum atomic E-state index is 12.3. The topological polar surface area (TPSA) is 72.5 Å². The largest absolute Gasteiger partial charge is 0.493 e. The summed E-state index contributed by atoms with van der Waals surface area (Å²) in [7, 11) is 3.22. The van der Waals surface area contributed by atoms with Crippen LogP contribution in [0.1, 0.15) is 25.5 Å². The molecule has 1 aliphatic rings. The predicted molar refractivity (Wildman–Crippen MR) is 117 cm³/mol. The Hall–Kier alpha value is -1.54. The average Bonchev–Trinajstić information content (AvgIpc) is 3.09. The lowest BCUT2D eigenvalue weighted by atomic mass is 10.0. The Morgan fingerprint density at radius 1 is 1.29 bits per heavy atom. The normalized spacial score (nSPS) is 18.4. The fraction of sp³-hybridized carbons (Fsp3) is 0.474. The quantitative estimate of drug-likeness (QED) is 0.708. The molecule has 1 aromatic heterocycles. The fourth-order valence-corrected chi connectivity index (χ4v) is 4.01. The molecule has 1 fully saturated rings. The molecular formula is C19H27Cl2N3O3S. The van der Waals surface area contributed by atoms with Gasteiger partial charge in [0.15, 0.2) is 11.5 Å². The molecule has 9 heteroatoms. The van der Waals surface area contributed by atoms with Crippen LogP contribution in [-0.4, -0.2) is 43.7 Å². The molecule has 0 spiro atoms. The molecule has 6 nitrogen and oxygen atoms in total. The van der Waals surface area contributed by atoms with Gasteiger partial charge in [0.25, 0.3) is 0 Å². The molecule has 1 aliphatic heterocycles. The lowest BCUT2D eigenvalue weighted by Crippen LogP contribution is -2.46. The van der Waals surface area contributed by atoms with Gasteiger partial charge in [0.1, 0.15) is 5.01 Å². The first-order valence-electron chi connectivity index (χ1n) is 8.78. The zero-order valence-electron chi connectivity index (χ0n) is 16.2. The lowest BCUT2D eigenvalue weighted by molar-refractivity contribution is -0.121. The highest BCUT2D eigenvalue weighted by Gasteiger charge is 2.20. The highest BCUT2D eigenvalue weighted by molar-refractivity contribution is 7.13. The molecule has 156 valence electrons. The molecule has 1 amide bonds. The third-order valence-corrected chi connectivity index (χ3v) is 5.45. The summed E-state index contributed by atoms with van der Waals surface area (Å²) in [6.45, 7) is 3.10. The number of methoxy groups -OCH3 is 2. The fourth-order valence-electron chi connectivity index (χ4n) is 3.20. The molecule has 0 bridgehead atoms. The number of carbonyl (C=O) groups is 1. The smallest absolute Gasteiger partial charge is 0.226 e. The molecule has 1 aromatic carbocycles. The van der Waals surface area contributed by atoms with Crippen molar-refractivity contribution in [3.05, 3.63) is 29.3 Å². The number of piperidine rings is 1. The van der Waals surface area contributed by atoms with Crippen LogP contribution in [0.25, 0.3) is 10.6 Å². The van der Waals surface area contributed by atoms with Crippen molar-refractivity contribution in [3.63, 3.8) is 0 Å². The van der Waals surface area contributed by atoms with Crippen molar-refractivity contribution in [3.8, 4) is 22.1 Å². The maximum Gasteiger partial charge on any atom is 0.226 e. The Morgan fingerprint density at radius 3 is 2.71 bits per heavy atom. The molecule has 28 heavy (non-hydrogen) atoms. The van der Waals surface area contributed by atoms with E-state index in [0.717, 1.165) is 35.7 Å². The van der Waals surface area contributed by atoms with Crippen LogP contribution >= 0.6 is 36.2 Å². The maximum absolute atomic E-state index is 12.3. The lowest BCUT2D eigenvalue weighted by Gasteiger charge is -2.28. The average molecular weight is 448 g/mol. The Balaban J connectivity index is 0.00000196. The van der Waals surface area contributed by atoms with Crippen LogP contribution in [0.15, 0.2) is 23.6 Å². The number of aromatic nitrogens is 1. The van der Waals surface area contributed by atoms with Crippen molar-refractivity contribution in [1.82, 2.24) is 15.6 Å². The number of rotatable bonds is 6. The number of halogens is 2. The van der Waals surface area contributed by atoms with E-state index in [1.54, 1.807) is 14.2 Å². The molecule has 2 atom stereocenters. The van der Waals surface area contributed by atoms with Crippen molar-refractivity contribution in [1.29, 1.82) is 0 Å². The van der Waals surface area contributed by atoms with Crippen LogP contribution in [0.4, 0.5) is 0 Å². The van der Waals surface area contributed by atoms with Crippen LogP contribution in [0.3, 0.4) is 0 Å². The Bertz CT molecular complexity index is 773. The Morgan fingerprint density at radius 2 is 2.04 bits per heavy atom. The predicted octanol–water partition coefficient (Wildman–Crippen LogP) is 3.47. The van der Waals surface area contributed by atoms with Crippen molar-refractivity contribution in [2.24, 2.45) is 0 Å². The SMILES string of the molecule is COc1ccc(-c2nc(CC(=O)NC3CCNC(C)C3)cs2)cc1OC.Cl.Cl. The van der Waals surface area contributed by atoms with Crippen LogP contribution < -0.4 is 20.1 Å². The van der Waals surface area contributed by atoms with E-state index in [1.165, 1.54) is 11.3 Å². The van der Waals surface area contributed by atoms with Gasteiger partial charge in [0, 0.05) is 23.0 Å². The molecular weight excluding hydrogens is 421 g/mol. The summed E-state index contributed by atoms with van der Waals surface area (Å²) in [5, 5.41) is 9.33. The second kappa shape index (κ2) is 11.5. The van der Waals surface area contributed by atoms with Gasteiger partial charge >= 0.3 is 0 Å². The second-order valence-electron chi connectivity index (χ2n) is 6.53. The van der Waals surface area contributed by atoms with Crippen molar-refractivity contribution < 1.29 is 14.3 Å². The Kier molecular flexibility index (Phi) is 10.0. The minimum absolute atomic E-state index is 0. The number of hydrogen-bond donors (Lipinski definition) is 2. The highest BCUT2D eigenvalue weighted by atomic mass is 35.5.